The summed E-state index contributed by atoms with van der Waals surface area (Å²) in [5.41, 5.74) is 4.74. The van der Waals surface area contributed by atoms with Crippen molar-refractivity contribution >= 4 is 16.8 Å². The highest BCUT2D eigenvalue weighted by atomic mass is 19.4. The third-order valence-electron chi connectivity index (χ3n) is 6.71. The van der Waals surface area contributed by atoms with Gasteiger partial charge in [0.1, 0.15) is 17.7 Å². The Balaban J connectivity index is 1.52. The van der Waals surface area contributed by atoms with Gasteiger partial charge in [-0.05, 0) is 85.5 Å². The number of benzene rings is 3. The monoisotopic (exact) mass is 497 g/mol. The van der Waals surface area contributed by atoms with Crippen LogP contribution in [0.5, 0.6) is 5.75 Å². The molecule has 0 N–H and O–H groups in total. The minimum absolute atomic E-state index is 0.140. The van der Waals surface area contributed by atoms with Crippen LogP contribution in [-0.4, -0.2) is 32.8 Å². The molecular formula is C27H23F4N3O2. The number of rotatable bonds is 3. The number of aromatic nitrogens is 2. The van der Waals surface area contributed by atoms with Crippen LogP contribution >= 0.6 is 0 Å². The first-order valence-electron chi connectivity index (χ1n) is 11.4. The Hall–Kier alpha value is -3.88. The minimum atomic E-state index is -4.98. The van der Waals surface area contributed by atoms with Gasteiger partial charge in [0.15, 0.2) is 0 Å². The number of halogens is 4. The number of carbonyl (C=O) groups is 1. The molecule has 3 aromatic carbocycles. The number of alkyl halides is 3. The molecule has 2 atom stereocenters. The van der Waals surface area contributed by atoms with Gasteiger partial charge in [-0.3, -0.25) is 4.79 Å². The van der Waals surface area contributed by atoms with Crippen LogP contribution < -0.4 is 4.74 Å². The van der Waals surface area contributed by atoms with E-state index < -0.39 is 24.2 Å². The largest absolute Gasteiger partial charge is 0.484 e. The first-order chi connectivity index (χ1) is 17.0. The SMILES string of the molecule is Cc1cc2c(cc1C)[C@@H](Oc1ccc3c(cnn3-c3ccc(F)cc3)c1)[C@H](C)N(C(=O)C(F)(F)F)C2. The van der Waals surface area contributed by atoms with Gasteiger partial charge in [0.05, 0.1) is 23.4 Å². The lowest BCUT2D eigenvalue weighted by molar-refractivity contribution is -0.190. The summed E-state index contributed by atoms with van der Waals surface area (Å²) in [4.78, 5) is 13.1. The van der Waals surface area contributed by atoms with E-state index in [9.17, 15) is 22.4 Å². The molecule has 1 aromatic heterocycles. The lowest BCUT2D eigenvalue weighted by atomic mass is 9.88. The van der Waals surface area contributed by atoms with Crippen molar-refractivity contribution in [2.75, 3.05) is 0 Å². The average molecular weight is 497 g/mol. The third kappa shape index (κ3) is 4.19. The second kappa shape index (κ2) is 8.65. The zero-order valence-electron chi connectivity index (χ0n) is 19.8. The Morgan fingerprint density at radius 1 is 1.03 bits per heavy atom. The van der Waals surface area contributed by atoms with E-state index >= 15 is 0 Å². The van der Waals surface area contributed by atoms with Gasteiger partial charge in [0.2, 0.25) is 0 Å². The molecule has 0 unspecified atom stereocenters. The first-order valence-corrected chi connectivity index (χ1v) is 11.4. The van der Waals surface area contributed by atoms with Gasteiger partial charge in [-0.15, -0.1) is 0 Å². The molecule has 36 heavy (non-hydrogen) atoms. The highest BCUT2D eigenvalue weighted by Crippen LogP contribution is 2.39. The van der Waals surface area contributed by atoms with E-state index in [1.807, 2.05) is 26.0 Å². The van der Waals surface area contributed by atoms with E-state index in [2.05, 4.69) is 5.10 Å². The van der Waals surface area contributed by atoms with Gasteiger partial charge in [-0.1, -0.05) is 12.1 Å². The molecule has 1 amide bonds. The Morgan fingerprint density at radius 2 is 1.72 bits per heavy atom. The van der Waals surface area contributed by atoms with E-state index in [1.165, 1.54) is 12.1 Å². The Bertz CT molecular complexity index is 1460. The molecule has 2 heterocycles. The Labute approximate surface area is 204 Å². The molecule has 0 saturated heterocycles. The van der Waals surface area contributed by atoms with Crippen molar-refractivity contribution in [2.24, 2.45) is 0 Å². The minimum Gasteiger partial charge on any atom is -0.484 e. The molecule has 4 aromatic rings. The molecular weight excluding hydrogens is 474 g/mol. The molecule has 186 valence electrons. The highest BCUT2D eigenvalue weighted by molar-refractivity contribution is 5.83. The summed E-state index contributed by atoms with van der Waals surface area (Å²) in [5, 5.41) is 5.12. The van der Waals surface area contributed by atoms with Crippen molar-refractivity contribution in [3.8, 4) is 11.4 Å². The number of ether oxygens (including phenoxy) is 1. The van der Waals surface area contributed by atoms with Crippen LogP contribution in [-0.2, 0) is 11.3 Å². The molecule has 5 rings (SSSR count). The fraction of sp³-hybridized carbons (Fsp3) is 0.259. The summed E-state index contributed by atoms with van der Waals surface area (Å²) < 4.78 is 61.3. The predicted molar refractivity (Wildman–Crippen MR) is 126 cm³/mol. The maximum absolute atomic E-state index is 13.4. The van der Waals surface area contributed by atoms with E-state index in [4.69, 9.17) is 4.74 Å². The smallest absolute Gasteiger partial charge is 0.471 e. The fourth-order valence-corrected chi connectivity index (χ4v) is 4.65. The highest BCUT2D eigenvalue weighted by Gasteiger charge is 2.47. The summed E-state index contributed by atoms with van der Waals surface area (Å²) in [6.07, 6.45) is -4.15. The summed E-state index contributed by atoms with van der Waals surface area (Å²) in [5.74, 6) is -1.80. The van der Waals surface area contributed by atoms with E-state index in [1.54, 1.807) is 48.1 Å². The predicted octanol–water partition coefficient (Wildman–Crippen LogP) is 6.19. The number of nitrogens with zero attached hydrogens (tertiary/aromatic N) is 3. The van der Waals surface area contributed by atoms with Crippen molar-refractivity contribution in [2.45, 2.75) is 45.6 Å². The van der Waals surface area contributed by atoms with Crippen LogP contribution in [0.4, 0.5) is 17.6 Å². The van der Waals surface area contributed by atoms with Crippen molar-refractivity contribution in [3.63, 3.8) is 0 Å². The fourth-order valence-electron chi connectivity index (χ4n) is 4.65. The summed E-state index contributed by atoms with van der Waals surface area (Å²) >= 11 is 0. The topological polar surface area (TPSA) is 47.4 Å². The number of amides is 1. The number of hydrogen-bond acceptors (Lipinski definition) is 3. The molecule has 0 fully saturated rings. The van der Waals surface area contributed by atoms with Crippen molar-refractivity contribution in [1.82, 2.24) is 14.7 Å². The Morgan fingerprint density at radius 3 is 2.42 bits per heavy atom. The van der Waals surface area contributed by atoms with Crippen LogP contribution in [0.3, 0.4) is 0 Å². The zero-order chi connectivity index (χ0) is 25.8. The average Bonchev–Trinajstić information content (AvgIpc) is 3.25. The van der Waals surface area contributed by atoms with Gasteiger partial charge < -0.3 is 9.64 Å². The maximum atomic E-state index is 13.4. The van der Waals surface area contributed by atoms with Crippen molar-refractivity contribution in [3.05, 3.63) is 88.9 Å². The van der Waals surface area contributed by atoms with Gasteiger partial charge >= 0.3 is 12.1 Å². The molecule has 0 radical (unpaired) electrons. The molecule has 1 aliphatic heterocycles. The van der Waals surface area contributed by atoms with Crippen LogP contribution in [0.2, 0.25) is 0 Å². The lowest BCUT2D eigenvalue weighted by Gasteiger charge is -2.41. The molecule has 5 nitrogen and oxygen atoms in total. The van der Waals surface area contributed by atoms with Gasteiger partial charge in [-0.25, -0.2) is 9.07 Å². The second-order valence-electron chi connectivity index (χ2n) is 9.10. The first kappa shape index (κ1) is 23.8. The molecule has 9 heteroatoms. The molecule has 0 bridgehead atoms. The van der Waals surface area contributed by atoms with Crippen LogP contribution in [0.25, 0.3) is 16.6 Å². The normalized spacial score (nSPS) is 17.8. The zero-order valence-corrected chi connectivity index (χ0v) is 19.8. The van der Waals surface area contributed by atoms with Crippen molar-refractivity contribution < 1.29 is 27.1 Å². The standard InChI is InChI=1S/C27H23F4N3O2/c1-15-10-19-14-33(26(35)27(29,30)31)17(3)25(23(19)11-16(15)2)36-22-8-9-24-18(12-22)13-32-34(24)21-6-4-20(28)5-7-21/h4-13,17,25H,14H2,1-3H3/t17-,25-/m0/s1. The van der Waals surface area contributed by atoms with E-state index in [-0.39, 0.29) is 12.4 Å². The van der Waals surface area contributed by atoms with Crippen molar-refractivity contribution in [1.29, 1.82) is 0 Å². The van der Waals surface area contributed by atoms with Gasteiger partial charge in [0.25, 0.3) is 0 Å². The third-order valence-corrected chi connectivity index (χ3v) is 6.71. The molecule has 1 aliphatic rings. The molecule has 0 saturated carbocycles. The van der Waals surface area contributed by atoms with E-state index in [0.29, 0.717) is 17.0 Å². The van der Waals surface area contributed by atoms with Gasteiger partial charge in [-0.2, -0.15) is 18.3 Å². The molecule has 0 spiro atoms. The summed E-state index contributed by atoms with van der Waals surface area (Å²) in [7, 11) is 0. The van der Waals surface area contributed by atoms with Crippen LogP contribution in [0.15, 0.2) is 60.8 Å². The summed E-state index contributed by atoms with van der Waals surface area (Å²) in [6, 6.07) is 14.1. The summed E-state index contributed by atoms with van der Waals surface area (Å²) in [6.45, 7) is 5.24. The van der Waals surface area contributed by atoms with Crippen LogP contribution in [0.1, 0.15) is 35.3 Å². The lowest BCUT2D eigenvalue weighted by Crippen LogP contribution is -2.51. The quantitative estimate of drug-likeness (QED) is 0.317. The van der Waals surface area contributed by atoms with Gasteiger partial charge in [0, 0.05) is 11.9 Å². The molecule has 0 aliphatic carbocycles. The van der Waals surface area contributed by atoms with E-state index in [0.717, 1.165) is 32.5 Å². The number of aryl methyl sites for hydroxylation is 2. The number of hydrogen-bond donors (Lipinski definition) is 0. The Kier molecular flexibility index (Phi) is 5.73. The number of carbonyl (C=O) groups excluding carboxylic acids is 1. The second-order valence-corrected chi connectivity index (χ2v) is 9.10. The van der Waals surface area contributed by atoms with Crippen LogP contribution in [0, 0.1) is 19.7 Å². The maximum Gasteiger partial charge on any atom is 0.471 e. The number of fused-ring (bicyclic) bond motifs is 2.